The molecule has 0 aromatic carbocycles. The van der Waals surface area contributed by atoms with Crippen molar-refractivity contribution in [2.45, 2.75) is 0 Å². The van der Waals surface area contributed by atoms with Gasteiger partial charge < -0.3 is 25.3 Å². The summed E-state index contributed by atoms with van der Waals surface area (Å²) >= 11 is 0. The highest BCUT2D eigenvalue weighted by Gasteiger charge is 2.24. The van der Waals surface area contributed by atoms with Crippen molar-refractivity contribution < 1.29 is 44.4 Å². The summed E-state index contributed by atoms with van der Waals surface area (Å²) in [6, 6.07) is 0. The summed E-state index contributed by atoms with van der Waals surface area (Å²) in [4.78, 5) is 62.3. The van der Waals surface area contributed by atoms with Crippen molar-refractivity contribution in [3.8, 4) is 0 Å². The summed E-state index contributed by atoms with van der Waals surface area (Å²) in [6.07, 6.45) is 0. The Balaban J connectivity index is 3.03. The minimum atomic E-state index is -1.24. The van der Waals surface area contributed by atoms with Gasteiger partial charge in [0.2, 0.25) is 5.91 Å². The van der Waals surface area contributed by atoms with E-state index in [9.17, 15) is 24.0 Å². The summed E-state index contributed by atoms with van der Waals surface area (Å²) in [6.45, 7) is -1.42. The molecule has 0 bridgehead atoms. The number of carboxylic acids is 4. The standard InChI is InChI=1S/C16H26N4O9/c21-12-7-19(10-15(26)27)4-3-17(8-13(22)23)1-2-18(9-14(24)25)5-6-20(12)11-16(28)29/h1-11H2,(H,22,23)(H,24,25)(H,26,27)(H,28,29). The molecule has 0 spiro atoms. The van der Waals surface area contributed by atoms with Crippen molar-refractivity contribution in [3.63, 3.8) is 0 Å². The number of carbonyl (C=O) groups excluding carboxylic acids is 1. The predicted molar refractivity (Wildman–Crippen MR) is 96.4 cm³/mol. The molecule has 13 heteroatoms. The molecule has 0 aliphatic carbocycles. The molecule has 1 amide bonds. The second-order valence-corrected chi connectivity index (χ2v) is 6.65. The minimum absolute atomic E-state index is 0.0573. The Morgan fingerprint density at radius 3 is 1.34 bits per heavy atom. The van der Waals surface area contributed by atoms with E-state index in [2.05, 4.69) is 0 Å². The van der Waals surface area contributed by atoms with Crippen molar-refractivity contribution in [2.75, 3.05) is 72.0 Å². The van der Waals surface area contributed by atoms with Crippen molar-refractivity contribution in [2.24, 2.45) is 0 Å². The first-order valence-corrected chi connectivity index (χ1v) is 8.88. The molecule has 1 heterocycles. The number of aliphatic carboxylic acids is 4. The first-order valence-electron chi connectivity index (χ1n) is 8.88. The summed E-state index contributed by atoms with van der Waals surface area (Å²) in [5, 5.41) is 36.2. The van der Waals surface area contributed by atoms with E-state index in [4.69, 9.17) is 20.4 Å². The molecule has 0 radical (unpaired) electrons. The molecule has 1 fully saturated rings. The largest absolute Gasteiger partial charge is 0.480 e. The summed E-state index contributed by atoms with van der Waals surface area (Å²) < 4.78 is 0. The van der Waals surface area contributed by atoms with Crippen LogP contribution in [0.5, 0.6) is 0 Å². The van der Waals surface area contributed by atoms with E-state index in [1.165, 1.54) is 14.7 Å². The quantitative estimate of drug-likeness (QED) is 0.316. The zero-order chi connectivity index (χ0) is 22.0. The molecule has 4 N–H and O–H groups in total. The summed E-state index contributed by atoms with van der Waals surface area (Å²) in [5.41, 5.74) is 0. The smallest absolute Gasteiger partial charge is 0.323 e. The van der Waals surface area contributed by atoms with Crippen LogP contribution in [0.4, 0.5) is 0 Å². The van der Waals surface area contributed by atoms with Gasteiger partial charge in [-0.15, -0.1) is 0 Å². The minimum Gasteiger partial charge on any atom is -0.480 e. The van der Waals surface area contributed by atoms with E-state index in [-0.39, 0.29) is 58.9 Å². The van der Waals surface area contributed by atoms with Gasteiger partial charge in [0.1, 0.15) is 6.54 Å². The normalized spacial score (nSPS) is 18.6. The van der Waals surface area contributed by atoms with Crippen LogP contribution < -0.4 is 0 Å². The highest BCUT2D eigenvalue weighted by molar-refractivity contribution is 5.83. The van der Waals surface area contributed by atoms with Crippen molar-refractivity contribution in [1.29, 1.82) is 0 Å². The number of rotatable bonds is 8. The fourth-order valence-electron chi connectivity index (χ4n) is 2.90. The van der Waals surface area contributed by atoms with Crippen LogP contribution in [0.25, 0.3) is 0 Å². The maximum atomic E-state index is 12.5. The molecule has 0 unspecified atom stereocenters. The van der Waals surface area contributed by atoms with Crippen molar-refractivity contribution in [3.05, 3.63) is 0 Å². The Kier molecular flexibility index (Phi) is 9.99. The third-order valence-electron chi connectivity index (χ3n) is 4.27. The summed E-state index contributed by atoms with van der Waals surface area (Å²) in [7, 11) is 0. The zero-order valence-corrected chi connectivity index (χ0v) is 15.9. The highest BCUT2D eigenvalue weighted by atomic mass is 16.4. The Labute approximate surface area is 166 Å². The molecule has 13 nitrogen and oxygen atoms in total. The molecule has 1 aliphatic rings. The fourth-order valence-corrected chi connectivity index (χ4v) is 2.90. The Morgan fingerprint density at radius 1 is 0.586 bits per heavy atom. The average molecular weight is 418 g/mol. The van der Waals surface area contributed by atoms with E-state index in [1.54, 1.807) is 0 Å². The van der Waals surface area contributed by atoms with Gasteiger partial charge in [-0.05, 0) is 0 Å². The molecule has 0 atom stereocenters. The van der Waals surface area contributed by atoms with Crippen LogP contribution >= 0.6 is 0 Å². The van der Waals surface area contributed by atoms with E-state index in [0.29, 0.717) is 0 Å². The molecule has 0 aromatic heterocycles. The lowest BCUT2D eigenvalue weighted by Crippen LogP contribution is -2.51. The topological polar surface area (TPSA) is 179 Å². The SMILES string of the molecule is O=C(O)CN1CCN(CC(=O)O)CCN(CC(=O)O)C(=O)CN(CC(=O)O)CC1. The van der Waals surface area contributed by atoms with Gasteiger partial charge in [-0.3, -0.25) is 38.7 Å². The Bertz CT molecular complexity index is 628. The van der Waals surface area contributed by atoms with E-state index >= 15 is 0 Å². The van der Waals surface area contributed by atoms with Gasteiger partial charge in [0.15, 0.2) is 0 Å². The van der Waals surface area contributed by atoms with Gasteiger partial charge in [-0.25, -0.2) is 0 Å². The van der Waals surface area contributed by atoms with Crippen LogP contribution in [0, 0.1) is 0 Å². The van der Waals surface area contributed by atoms with Crippen LogP contribution in [-0.4, -0.2) is 142 Å². The first-order chi connectivity index (χ1) is 13.6. The molecular weight excluding hydrogens is 392 g/mol. The molecule has 164 valence electrons. The lowest BCUT2D eigenvalue weighted by atomic mass is 10.3. The lowest BCUT2D eigenvalue weighted by Gasteiger charge is -2.32. The second kappa shape index (κ2) is 11.9. The van der Waals surface area contributed by atoms with Crippen LogP contribution in [0.15, 0.2) is 0 Å². The van der Waals surface area contributed by atoms with Gasteiger partial charge in [0.05, 0.1) is 26.2 Å². The molecule has 0 aromatic rings. The van der Waals surface area contributed by atoms with Crippen LogP contribution in [0.3, 0.4) is 0 Å². The van der Waals surface area contributed by atoms with Crippen molar-refractivity contribution >= 4 is 29.8 Å². The lowest BCUT2D eigenvalue weighted by molar-refractivity contribution is -0.146. The Morgan fingerprint density at radius 2 is 0.931 bits per heavy atom. The first kappa shape index (κ1) is 24.3. The molecule has 0 saturated carbocycles. The van der Waals surface area contributed by atoms with E-state index in [1.807, 2.05) is 0 Å². The molecule has 29 heavy (non-hydrogen) atoms. The predicted octanol–water partition coefficient (Wildman–Crippen LogP) is -2.93. The Hall–Kier alpha value is -2.77. The monoisotopic (exact) mass is 418 g/mol. The number of hydrogen-bond acceptors (Lipinski definition) is 8. The number of hydrogen-bond donors (Lipinski definition) is 4. The van der Waals surface area contributed by atoms with E-state index < -0.39 is 42.9 Å². The molecule has 1 rings (SSSR count). The second-order valence-electron chi connectivity index (χ2n) is 6.65. The van der Waals surface area contributed by atoms with Gasteiger partial charge in [0, 0.05) is 39.3 Å². The summed E-state index contributed by atoms with van der Waals surface area (Å²) in [5.74, 6) is -5.21. The van der Waals surface area contributed by atoms with Gasteiger partial charge in [0.25, 0.3) is 0 Å². The highest BCUT2D eigenvalue weighted by Crippen LogP contribution is 2.02. The van der Waals surface area contributed by atoms with E-state index in [0.717, 1.165) is 4.90 Å². The fraction of sp³-hybridized carbons (Fsp3) is 0.688. The number of nitrogens with zero attached hydrogens (tertiary/aromatic N) is 4. The van der Waals surface area contributed by atoms with Crippen LogP contribution in [0.1, 0.15) is 0 Å². The van der Waals surface area contributed by atoms with Gasteiger partial charge >= 0.3 is 23.9 Å². The molecular formula is C16H26N4O9. The maximum Gasteiger partial charge on any atom is 0.323 e. The maximum absolute atomic E-state index is 12.5. The van der Waals surface area contributed by atoms with Gasteiger partial charge in [-0.1, -0.05) is 0 Å². The number of carboxylic acid groups (broad SMARTS) is 4. The van der Waals surface area contributed by atoms with Crippen LogP contribution in [-0.2, 0) is 24.0 Å². The number of amides is 1. The number of carbonyl (C=O) groups is 5. The molecule has 1 aliphatic heterocycles. The average Bonchev–Trinajstić information content (AvgIpc) is 2.57. The third kappa shape index (κ3) is 10.4. The zero-order valence-electron chi connectivity index (χ0n) is 15.9. The third-order valence-corrected chi connectivity index (χ3v) is 4.27. The van der Waals surface area contributed by atoms with Crippen molar-refractivity contribution in [1.82, 2.24) is 19.6 Å². The molecule has 1 saturated heterocycles. The van der Waals surface area contributed by atoms with Gasteiger partial charge in [-0.2, -0.15) is 0 Å². The van der Waals surface area contributed by atoms with Crippen LogP contribution in [0.2, 0.25) is 0 Å².